The zero-order chi connectivity index (χ0) is 21.0. The van der Waals surface area contributed by atoms with Crippen molar-refractivity contribution in [2.24, 2.45) is 12.5 Å². The van der Waals surface area contributed by atoms with Crippen molar-refractivity contribution in [3.05, 3.63) is 66.8 Å². The maximum atomic E-state index is 12.5. The zero-order valence-electron chi connectivity index (χ0n) is 17.1. The van der Waals surface area contributed by atoms with Gasteiger partial charge in [0.1, 0.15) is 0 Å². The number of benzene rings is 1. The van der Waals surface area contributed by atoms with Gasteiger partial charge in [0.2, 0.25) is 5.78 Å². The van der Waals surface area contributed by atoms with Crippen molar-refractivity contribution in [1.29, 1.82) is 0 Å². The lowest BCUT2D eigenvalue weighted by atomic mass is 9.86. The van der Waals surface area contributed by atoms with E-state index in [1.165, 1.54) is 0 Å². The summed E-state index contributed by atoms with van der Waals surface area (Å²) in [6.07, 6.45) is 8.63. The highest BCUT2D eigenvalue weighted by Gasteiger charge is 2.26. The number of rotatable bonds is 6. The molecule has 0 fully saturated rings. The van der Waals surface area contributed by atoms with Crippen LogP contribution in [-0.2, 0) is 13.6 Å². The predicted molar refractivity (Wildman–Crippen MR) is 111 cm³/mol. The average molecular weight is 394 g/mol. The molecule has 0 aliphatic heterocycles. The molecule has 3 aromatic rings. The molecular formula is C21H26N6O2. The van der Waals surface area contributed by atoms with Crippen molar-refractivity contribution >= 4 is 17.5 Å². The van der Waals surface area contributed by atoms with Gasteiger partial charge in [0.25, 0.3) is 0 Å². The maximum absolute atomic E-state index is 12.5. The molecule has 8 heteroatoms. The van der Waals surface area contributed by atoms with Crippen LogP contribution < -0.4 is 10.6 Å². The summed E-state index contributed by atoms with van der Waals surface area (Å²) in [7, 11) is 1.77. The van der Waals surface area contributed by atoms with E-state index in [4.69, 9.17) is 0 Å². The van der Waals surface area contributed by atoms with E-state index >= 15 is 0 Å². The SMILES string of the molecule is Cn1ccnc1C(=O)c1ccc(NC(=O)N[C@@H](Cn2ccnc2)C(C)(C)C)cc1. The quantitative estimate of drug-likeness (QED) is 0.628. The molecule has 8 nitrogen and oxygen atoms in total. The summed E-state index contributed by atoms with van der Waals surface area (Å²) in [5, 5.41) is 5.86. The van der Waals surface area contributed by atoms with E-state index in [0.717, 1.165) is 0 Å². The van der Waals surface area contributed by atoms with Crippen LogP contribution in [0.15, 0.2) is 55.4 Å². The number of hydrogen-bond donors (Lipinski definition) is 2. The second-order valence-corrected chi connectivity index (χ2v) is 8.04. The monoisotopic (exact) mass is 394 g/mol. The number of aromatic nitrogens is 4. The van der Waals surface area contributed by atoms with Gasteiger partial charge in [0.05, 0.1) is 12.4 Å². The van der Waals surface area contributed by atoms with Crippen molar-refractivity contribution < 1.29 is 9.59 Å². The molecule has 3 rings (SSSR count). The lowest BCUT2D eigenvalue weighted by Crippen LogP contribution is -2.47. The van der Waals surface area contributed by atoms with Gasteiger partial charge in [-0.05, 0) is 29.7 Å². The minimum absolute atomic E-state index is 0.0963. The second kappa shape index (κ2) is 8.30. The van der Waals surface area contributed by atoms with E-state index in [2.05, 4.69) is 41.4 Å². The lowest BCUT2D eigenvalue weighted by Gasteiger charge is -2.31. The number of imidazole rings is 2. The van der Waals surface area contributed by atoms with E-state index in [-0.39, 0.29) is 23.3 Å². The Labute approximate surface area is 170 Å². The van der Waals surface area contributed by atoms with E-state index < -0.39 is 0 Å². The van der Waals surface area contributed by atoms with Crippen LogP contribution in [0.3, 0.4) is 0 Å². The number of nitrogens with zero attached hydrogens (tertiary/aromatic N) is 4. The first-order valence-corrected chi connectivity index (χ1v) is 9.39. The number of anilines is 1. The number of urea groups is 1. The minimum Gasteiger partial charge on any atom is -0.335 e. The van der Waals surface area contributed by atoms with Gasteiger partial charge in [-0.1, -0.05) is 20.8 Å². The molecule has 2 N–H and O–H groups in total. The molecule has 1 atom stereocenters. The molecule has 0 spiro atoms. The fourth-order valence-electron chi connectivity index (χ4n) is 2.89. The summed E-state index contributed by atoms with van der Waals surface area (Å²) < 4.78 is 3.61. The third kappa shape index (κ3) is 5.10. The van der Waals surface area contributed by atoms with E-state index in [1.54, 1.807) is 60.8 Å². The molecule has 0 bridgehead atoms. The first-order chi connectivity index (χ1) is 13.7. The molecule has 1 aromatic carbocycles. The largest absolute Gasteiger partial charge is 0.335 e. The summed E-state index contributed by atoms with van der Waals surface area (Å²) in [6.45, 7) is 6.85. The molecule has 2 aromatic heterocycles. The Kier molecular flexibility index (Phi) is 5.81. The van der Waals surface area contributed by atoms with Gasteiger partial charge in [0.15, 0.2) is 5.82 Å². The maximum Gasteiger partial charge on any atom is 0.319 e. The van der Waals surface area contributed by atoms with Crippen LogP contribution in [0.2, 0.25) is 0 Å². The van der Waals surface area contributed by atoms with Gasteiger partial charge in [-0.2, -0.15) is 0 Å². The first kappa shape index (κ1) is 20.3. The molecule has 2 heterocycles. The predicted octanol–water partition coefficient (Wildman–Crippen LogP) is 3.08. The molecule has 0 saturated heterocycles. The number of carbonyl (C=O) groups is 2. The van der Waals surface area contributed by atoms with Crippen molar-refractivity contribution in [3.8, 4) is 0 Å². The number of aryl methyl sites for hydroxylation is 1. The Morgan fingerprint density at radius 2 is 1.83 bits per heavy atom. The molecule has 0 aliphatic carbocycles. The third-order valence-corrected chi connectivity index (χ3v) is 4.73. The third-order valence-electron chi connectivity index (χ3n) is 4.73. The normalized spacial score (nSPS) is 12.4. The van der Waals surface area contributed by atoms with Crippen LogP contribution in [-0.4, -0.2) is 37.0 Å². The van der Waals surface area contributed by atoms with Gasteiger partial charge < -0.3 is 19.8 Å². The minimum atomic E-state index is -0.298. The molecular weight excluding hydrogens is 368 g/mol. The second-order valence-electron chi connectivity index (χ2n) is 8.04. The smallest absolute Gasteiger partial charge is 0.319 e. The molecule has 2 amide bonds. The molecule has 0 aliphatic rings. The standard InChI is InChI=1S/C21H26N6O2/c1-21(2,3)17(13-27-12-9-22-14-27)25-20(29)24-16-7-5-15(6-8-16)18(28)19-23-10-11-26(19)4/h5-12,14,17H,13H2,1-4H3,(H2,24,25,29)/t17-/m0/s1. The summed E-state index contributed by atoms with van der Waals surface area (Å²) in [5.74, 6) is 0.206. The summed E-state index contributed by atoms with van der Waals surface area (Å²) in [4.78, 5) is 33.1. The number of nitrogens with one attached hydrogen (secondary N) is 2. The van der Waals surface area contributed by atoms with Crippen molar-refractivity contribution in [1.82, 2.24) is 24.4 Å². The summed E-state index contributed by atoms with van der Waals surface area (Å²) >= 11 is 0. The molecule has 0 saturated carbocycles. The number of hydrogen-bond acceptors (Lipinski definition) is 4. The first-order valence-electron chi connectivity index (χ1n) is 9.39. The van der Waals surface area contributed by atoms with Crippen LogP contribution in [0.5, 0.6) is 0 Å². The van der Waals surface area contributed by atoms with Crippen LogP contribution in [0, 0.1) is 5.41 Å². The van der Waals surface area contributed by atoms with Gasteiger partial charge in [-0.3, -0.25) is 4.79 Å². The van der Waals surface area contributed by atoms with Crippen LogP contribution in [0.25, 0.3) is 0 Å². The van der Waals surface area contributed by atoms with Crippen LogP contribution in [0.1, 0.15) is 37.0 Å². The molecule has 0 unspecified atom stereocenters. The van der Waals surface area contributed by atoms with E-state index in [9.17, 15) is 9.59 Å². The number of ketones is 1. The molecule has 0 radical (unpaired) electrons. The molecule has 152 valence electrons. The van der Waals surface area contributed by atoms with Crippen LogP contribution >= 0.6 is 0 Å². The lowest BCUT2D eigenvalue weighted by molar-refractivity contribution is 0.102. The van der Waals surface area contributed by atoms with Gasteiger partial charge in [0, 0.05) is 49.6 Å². The Hall–Kier alpha value is -3.42. The van der Waals surface area contributed by atoms with Crippen molar-refractivity contribution in [2.75, 3.05) is 5.32 Å². The zero-order valence-corrected chi connectivity index (χ0v) is 17.1. The fraction of sp³-hybridized carbons (Fsp3) is 0.333. The Morgan fingerprint density at radius 1 is 1.10 bits per heavy atom. The highest BCUT2D eigenvalue weighted by Crippen LogP contribution is 2.21. The van der Waals surface area contributed by atoms with E-state index in [0.29, 0.717) is 23.6 Å². The van der Waals surface area contributed by atoms with Crippen molar-refractivity contribution in [2.45, 2.75) is 33.4 Å². The average Bonchev–Trinajstić information content (AvgIpc) is 3.32. The van der Waals surface area contributed by atoms with Gasteiger partial charge >= 0.3 is 6.03 Å². The highest BCUT2D eigenvalue weighted by atomic mass is 16.2. The fourth-order valence-corrected chi connectivity index (χ4v) is 2.89. The molecule has 29 heavy (non-hydrogen) atoms. The van der Waals surface area contributed by atoms with Gasteiger partial charge in [-0.25, -0.2) is 14.8 Å². The highest BCUT2D eigenvalue weighted by molar-refractivity contribution is 6.07. The summed E-state index contributed by atoms with van der Waals surface area (Å²) in [6, 6.07) is 6.38. The van der Waals surface area contributed by atoms with Crippen LogP contribution in [0.4, 0.5) is 10.5 Å². The number of amides is 2. The summed E-state index contributed by atoms with van der Waals surface area (Å²) in [5.41, 5.74) is 0.979. The van der Waals surface area contributed by atoms with Crippen molar-refractivity contribution in [3.63, 3.8) is 0 Å². The Balaban J connectivity index is 1.63. The van der Waals surface area contributed by atoms with Gasteiger partial charge in [-0.15, -0.1) is 0 Å². The number of carbonyl (C=O) groups excluding carboxylic acids is 2. The Bertz CT molecular complexity index is 968. The van der Waals surface area contributed by atoms with E-state index in [1.807, 2.05) is 10.8 Å². The Morgan fingerprint density at radius 3 is 2.38 bits per heavy atom. The topological polar surface area (TPSA) is 93.8 Å².